The van der Waals surface area contributed by atoms with E-state index in [1.807, 2.05) is 19.1 Å². The van der Waals surface area contributed by atoms with Crippen LogP contribution in [0.25, 0.3) is 0 Å². The minimum Gasteiger partial charge on any atom is -0.372 e. The lowest BCUT2D eigenvalue weighted by Gasteiger charge is -2.34. The molecule has 0 saturated carbocycles. The summed E-state index contributed by atoms with van der Waals surface area (Å²) >= 11 is 0. The quantitative estimate of drug-likeness (QED) is 0.776. The van der Waals surface area contributed by atoms with E-state index in [0.717, 1.165) is 68.6 Å². The number of hydrogen-bond acceptors (Lipinski definition) is 6. The number of amides is 1. The summed E-state index contributed by atoms with van der Waals surface area (Å²) in [5, 5.41) is 2.96. The Balaban J connectivity index is 1.64. The zero-order chi connectivity index (χ0) is 20.8. The average Bonchev–Trinajstić information content (AvgIpc) is 2.76. The van der Waals surface area contributed by atoms with Gasteiger partial charge >= 0.3 is 0 Å². The zero-order valence-electron chi connectivity index (χ0n) is 18.0. The molecule has 1 aromatic carbocycles. The molecular formula is C22H32N6O. The van der Waals surface area contributed by atoms with Gasteiger partial charge in [-0.2, -0.15) is 0 Å². The predicted molar refractivity (Wildman–Crippen MR) is 119 cm³/mol. The number of anilines is 3. The molecule has 1 saturated heterocycles. The molecule has 29 heavy (non-hydrogen) atoms. The monoisotopic (exact) mass is 396 g/mol. The molecule has 1 amide bonds. The minimum atomic E-state index is -0.237. The van der Waals surface area contributed by atoms with Gasteiger partial charge < -0.3 is 20.0 Å². The fraction of sp³-hybridized carbons (Fsp3) is 0.500. The third kappa shape index (κ3) is 5.03. The van der Waals surface area contributed by atoms with Gasteiger partial charge in [-0.25, -0.2) is 9.97 Å². The maximum absolute atomic E-state index is 12.6. The first-order valence-electron chi connectivity index (χ1n) is 10.5. The Bertz CT molecular complexity index is 811. The Morgan fingerprint density at radius 1 is 1.07 bits per heavy atom. The second kappa shape index (κ2) is 9.69. The van der Waals surface area contributed by atoms with E-state index in [4.69, 9.17) is 0 Å². The maximum Gasteiger partial charge on any atom is 0.275 e. The number of rotatable bonds is 7. The topological polar surface area (TPSA) is 64.6 Å². The highest BCUT2D eigenvalue weighted by molar-refractivity contribution is 6.03. The summed E-state index contributed by atoms with van der Waals surface area (Å²) < 4.78 is 0. The smallest absolute Gasteiger partial charge is 0.275 e. The fourth-order valence-electron chi connectivity index (χ4n) is 3.65. The van der Waals surface area contributed by atoms with Gasteiger partial charge in [0.05, 0.1) is 12.4 Å². The van der Waals surface area contributed by atoms with Crippen molar-refractivity contribution in [3.63, 3.8) is 0 Å². The SMILES string of the molecule is CCN1CCN(c2cnc(C(=O)Nc3ccc(N(CC)CC)cc3C)cn2)CC1. The van der Waals surface area contributed by atoms with Gasteiger partial charge in [-0.15, -0.1) is 0 Å². The minimum absolute atomic E-state index is 0.237. The van der Waals surface area contributed by atoms with Crippen LogP contribution in [0.15, 0.2) is 30.6 Å². The van der Waals surface area contributed by atoms with Gasteiger partial charge in [0.1, 0.15) is 11.5 Å². The number of nitrogens with one attached hydrogen (secondary N) is 1. The van der Waals surface area contributed by atoms with E-state index in [-0.39, 0.29) is 5.91 Å². The van der Waals surface area contributed by atoms with Crippen LogP contribution in [0.5, 0.6) is 0 Å². The van der Waals surface area contributed by atoms with Gasteiger partial charge in [0.15, 0.2) is 0 Å². The third-order valence-electron chi connectivity index (χ3n) is 5.60. The number of aryl methyl sites for hydroxylation is 1. The van der Waals surface area contributed by atoms with E-state index in [1.54, 1.807) is 12.4 Å². The highest BCUT2D eigenvalue weighted by Crippen LogP contribution is 2.23. The molecule has 0 aliphatic carbocycles. The highest BCUT2D eigenvalue weighted by Gasteiger charge is 2.18. The van der Waals surface area contributed by atoms with E-state index >= 15 is 0 Å². The molecule has 1 aliphatic rings. The van der Waals surface area contributed by atoms with Crippen molar-refractivity contribution >= 4 is 23.1 Å². The first-order valence-corrected chi connectivity index (χ1v) is 10.5. The zero-order valence-corrected chi connectivity index (χ0v) is 18.0. The molecule has 0 spiro atoms. The number of carbonyl (C=O) groups excluding carboxylic acids is 1. The Morgan fingerprint density at radius 3 is 2.34 bits per heavy atom. The Morgan fingerprint density at radius 2 is 1.79 bits per heavy atom. The summed E-state index contributed by atoms with van der Waals surface area (Å²) in [6, 6.07) is 6.10. The Kier molecular flexibility index (Phi) is 7.04. The van der Waals surface area contributed by atoms with E-state index in [2.05, 4.69) is 56.8 Å². The number of aromatic nitrogens is 2. The average molecular weight is 397 g/mol. The van der Waals surface area contributed by atoms with Crippen LogP contribution in [0.3, 0.4) is 0 Å². The standard InChI is InChI=1S/C22H32N6O/c1-5-26-10-12-28(13-11-26)21-16-23-20(15-24-21)22(29)25-19-9-8-18(14-17(19)4)27(6-2)7-3/h8-9,14-16H,5-7,10-13H2,1-4H3,(H,25,29). The number of nitrogens with zero attached hydrogens (tertiary/aromatic N) is 5. The first-order chi connectivity index (χ1) is 14.0. The first kappa shape index (κ1) is 21.0. The molecule has 0 bridgehead atoms. The van der Waals surface area contributed by atoms with Crippen molar-refractivity contribution < 1.29 is 4.79 Å². The van der Waals surface area contributed by atoms with Gasteiger partial charge in [0, 0.05) is 50.6 Å². The van der Waals surface area contributed by atoms with Gasteiger partial charge in [0.25, 0.3) is 5.91 Å². The molecule has 7 heteroatoms. The number of likely N-dealkylation sites (N-methyl/N-ethyl adjacent to an activating group) is 1. The van der Waals surface area contributed by atoms with Gasteiger partial charge in [-0.1, -0.05) is 6.92 Å². The van der Waals surface area contributed by atoms with Crippen LogP contribution < -0.4 is 15.1 Å². The molecule has 7 nitrogen and oxygen atoms in total. The van der Waals surface area contributed by atoms with Crippen molar-refractivity contribution in [2.75, 3.05) is 60.9 Å². The number of hydrogen-bond donors (Lipinski definition) is 1. The molecule has 1 aromatic heterocycles. The summed E-state index contributed by atoms with van der Waals surface area (Å²) in [5.74, 6) is 0.593. The van der Waals surface area contributed by atoms with Gasteiger partial charge in [0.2, 0.25) is 0 Å². The van der Waals surface area contributed by atoms with E-state index in [1.165, 1.54) is 0 Å². The normalized spacial score (nSPS) is 14.7. The molecule has 2 aromatic rings. The van der Waals surface area contributed by atoms with Crippen LogP contribution in [0, 0.1) is 6.92 Å². The molecule has 3 rings (SSSR count). The second-order valence-corrected chi connectivity index (χ2v) is 7.31. The fourth-order valence-corrected chi connectivity index (χ4v) is 3.65. The highest BCUT2D eigenvalue weighted by atomic mass is 16.1. The number of carbonyl (C=O) groups is 1. The second-order valence-electron chi connectivity index (χ2n) is 7.31. The summed E-state index contributed by atoms with van der Waals surface area (Å²) in [4.78, 5) is 28.4. The molecule has 156 valence electrons. The maximum atomic E-state index is 12.6. The molecule has 0 unspecified atom stereocenters. The molecule has 1 aliphatic heterocycles. The predicted octanol–water partition coefficient (Wildman–Crippen LogP) is 3.03. The molecule has 0 atom stereocenters. The van der Waals surface area contributed by atoms with E-state index in [0.29, 0.717) is 5.69 Å². The van der Waals surface area contributed by atoms with Gasteiger partial charge in [-0.3, -0.25) is 4.79 Å². The summed E-state index contributed by atoms with van der Waals surface area (Å²) in [6.45, 7) is 15.4. The molecular weight excluding hydrogens is 364 g/mol. The summed E-state index contributed by atoms with van der Waals surface area (Å²) in [7, 11) is 0. The van der Waals surface area contributed by atoms with Crippen LogP contribution in [0.2, 0.25) is 0 Å². The van der Waals surface area contributed by atoms with Crippen LogP contribution in [0.1, 0.15) is 36.8 Å². The summed E-state index contributed by atoms with van der Waals surface area (Å²) in [5.41, 5.74) is 3.32. The van der Waals surface area contributed by atoms with Crippen molar-refractivity contribution in [3.05, 3.63) is 41.9 Å². The lowest BCUT2D eigenvalue weighted by Crippen LogP contribution is -2.46. The summed E-state index contributed by atoms with van der Waals surface area (Å²) in [6.07, 6.45) is 3.27. The molecule has 0 radical (unpaired) electrons. The molecule has 1 fully saturated rings. The van der Waals surface area contributed by atoms with Crippen molar-refractivity contribution in [1.29, 1.82) is 0 Å². The number of benzene rings is 1. The largest absolute Gasteiger partial charge is 0.372 e. The van der Waals surface area contributed by atoms with Crippen LogP contribution >= 0.6 is 0 Å². The molecule has 1 N–H and O–H groups in total. The van der Waals surface area contributed by atoms with E-state index < -0.39 is 0 Å². The van der Waals surface area contributed by atoms with Crippen molar-refractivity contribution in [3.8, 4) is 0 Å². The van der Waals surface area contributed by atoms with Gasteiger partial charge in [-0.05, 0) is 51.1 Å². The van der Waals surface area contributed by atoms with Crippen molar-refractivity contribution in [2.45, 2.75) is 27.7 Å². The van der Waals surface area contributed by atoms with E-state index in [9.17, 15) is 4.79 Å². The van der Waals surface area contributed by atoms with Crippen LogP contribution in [0.4, 0.5) is 17.2 Å². The van der Waals surface area contributed by atoms with Crippen LogP contribution in [-0.4, -0.2) is 66.6 Å². The lowest BCUT2D eigenvalue weighted by molar-refractivity contribution is 0.102. The third-order valence-corrected chi connectivity index (χ3v) is 5.60. The Labute approximate surface area is 173 Å². The van der Waals surface area contributed by atoms with Crippen LogP contribution in [-0.2, 0) is 0 Å². The van der Waals surface area contributed by atoms with Crippen molar-refractivity contribution in [1.82, 2.24) is 14.9 Å². The lowest BCUT2D eigenvalue weighted by atomic mass is 10.1. The van der Waals surface area contributed by atoms with Crippen molar-refractivity contribution in [2.24, 2.45) is 0 Å². The molecule has 2 heterocycles. The number of piperazine rings is 1. The Hall–Kier alpha value is -2.67.